The molecule has 4 aliphatic rings. The van der Waals surface area contributed by atoms with Crippen LogP contribution in [0.4, 0.5) is 0 Å². The van der Waals surface area contributed by atoms with Crippen LogP contribution < -0.4 is 14.8 Å². The third kappa shape index (κ3) is 4.28. The molecular weight excluding hydrogens is 430 g/mol. The van der Waals surface area contributed by atoms with E-state index in [-0.39, 0.29) is 0 Å². The molecule has 0 amide bonds. The average molecular weight is 468 g/mol. The first-order valence-electron chi connectivity index (χ1n) is 12.6. The molecule has 1 N–H and O–H groups in total. The Kier molecular flexibility index (Phi) is 6.16. The highest BCUT2D eigenvalue weighted by Gasteiger charge is 2.59. The largest absolute Gasteiger partial charge is 0.493 e. The van der Waals surface area contributed by atoms with Crippen molar-refractivity contribution in [3.05, 3.63) is 58.6 Å². The molecule has 4 saturated carbocycles. The van der Waals surface area contributed by atoms with Gasteiger partial charge in [-0.1, -0.05) is 29.8 Å². The quantitative estimate of drug-likeness (QED) is 0.462. The first-order chi connectivity index (χ1) is 15.8. The molecule has 4 aliphatic carbocycles. The van der Waals surface area contributed by atoms with Gasteiger partial charge in [-0.3, -0.25) is 0 Å². The topological polar surface area (TPSA) is 30.5 Å². The van der Waals surface area contributed by atoms with E-state index in [1.807, 2.05) is 6.07 Å². The molecule has 2 aromatic rings. The minimum atomic E-state index is 0.344. The average Bonchev–Trinajstić information content (AvgIpc) is 2.78. The molecule has 0 radical (unpaired) electrons. The highest BCUT2D eigenvalue weighted by molar-refractivity contribution is 6.30. The van der Waals surface area contributed by atoms with Gasteiger partial charge in [0.05, 0.1) is 14.2 Å². The Bertz CT molecular complexity index is 974. The van der Waals surface area contributed by atoms with Crippen LogP contribution in [0.5, 0.6) is 11.5 Å². The number of rotatable bonds is 8. The van der Waals surface area contributed by atoms with Crippen LogP contribution in [0, 0.1) is 17.3 Å². The molecule has 3 nitrogen and oxygen atoms in total. The molecule has 0 unspecified atom stereocenters. The van der Waals surface area contributed by atoms with Crippen LogP contribution in [-0.2, 0) is 11.8 Å². The summed E-state index contributed by atoms with van der Waals surface area (Å²) in [4.78, 5) is 0. The SMILES string of the molecule is COc1ccc(C[C@H](C)N[C@H](C)C23C[C@H]4C[C@@H](CC(c5ccc(Cl)cc5)(C4)C2)C3)cc1OC. The molecule has 33 heavy (non-hydrogen) atoms. The molecule has 2 aromatic carbocycles. The van der Waals surface area contributed by atoms with E-state index in [1.54, 1.807) is 14.2 Å². The number of hydrogen-bond acceptors (Lipinski definition) is 3. The van der Waals surface area contributed by atoms with E-state index in [2.05, 4.69) is 55.6 Å². The number of ether oxygens (including phenoxy) is 2. The zero-order chi connectivity index (χ0) is 23.2. The molecule has 4 fully saturated rings. The van der Waals surface area contributed by atoms with Gasteiger partial charge in [0.25, 0.3) is 0 Å². The molecule has 0 aliphatic heterocycles. The second-order valence-corrected chi connectivity index (χ2v) is 11.7. The molecule has 0 aromatic heterocycles. The van der Waals surface area contributed by atoms with Crippen molar-refractivity contribution in [2.24, 2.45) is 17.3 Å². The predicted molar refractivity (Wildman–Crippen MR) is 136 cm³/mol. The summed E-state index contributed by atoms with van der Waals surface area (Å²) >= 11 is 6.23. The van der Waals surface area contributed by atoms with Crippen molar-refractivity contribution < 1.29 is 9.47 Å². The highest BCUT2D eigenvalue weighted by Crippen LogP contribution is 2.66. The zero-order valence-corrected chi connectivity index (χ0v) is 21.3. The minimum absolute atomic E-state index is 0.344. The van der Waals surface area contributed by atoms with Crippen LogP contribution in [0.3, 0.4) is 0 Å². The number of methoxy groups -OCH3 is 2. The fourth-order valence-electron chi connectivity index (χ4n) is 8.00. The molecule has 0 heterocycles. The maximum atomic E-state index is 6.23. The van der Waals surface area contributed by atoms with E-state index in [4.69, 9.17) is 21.1 Å². The van der Waals surface area contributed by atoms with E-state index in [0.717, 1.165) is 34.8 Å². The maximum absolute atomic E-state index is 6.23. The van der Waals surface area contributed by atoms with Gasteiger partial charge in [-0.25, -0.2) is 0 Å². The summed E-state index contributed by atoms with van der Waals surface area (Å²) in [6.45, 7) is 4.77. The lowest BCUT2D eigenvalue weighted by Crippen LogP contribution is -2.60. The van der Waals surface area contributed by atoms with Crippen molar-refractivity contribution in [1.29, 1.82) is 0 Å². The van der Waals surface area contributed by atoms with Crippen molar-refractivity contribution in [3.8, 4) is 11.5 Å². The van der Waals surface area contributed by atoms with Crippen LogP contribution >= 0.6 is 11.6 Å². The molecule has 4 bridgehead atoms. The van der Waals surface area contributed by atoms with Crippen molar-refractivity contribution in [1.82, 2.24) is 5.32 Å². The second-order valence-electron chi connectivity index (χ2n) is 11.3. The van der Waals surface area contributed by atoms with Crippen LogP contribution in [0.1, 0.15) is 63.5 Å². The van der Waals surface area contributed by atoms with E-state index < -0.39 is 0 Å². The van der Waals surface area contributed by atoms with Crippen molar-refractivity contribution in [3.63, 3.8) is 0 Å². The number of benzene rings is 2. The van der Waals surface area contributed by atoms with Gasteiger partial charge in [-0.15, -0.1) is 0 Å². The third-order valence-electron chi connectivity index (χ3n) is 9.01. The van der Waals surface area contributed by atoms with Gasteiger partial charge in [0, 0.05) is 17.1 Å². The molecular formula is C29H38ClNO2. The summed E-state index contributed by atoms with van der Waals surface area (Å²) in [7, 11) is 3.39. The summed E-state index contributed by atoms with van der Waals surface area (Å²) in [5.41, 5.74) is 3.55. The Balaban J connectivity index is 1.32. The van der Waals surface area contributed by atoms with Gasteiger partial charge in [-0.05, 0) is 117 Å². The number of halogens is 1. The van der Waals surface area contributed by atoms with Crippen molar-refractivity contribution in [2.75, 3.05) is 14.2 Å². The highest BCUT2D eigenvalue weighted by atomic mass is 35.5. The summed E-state index contributed by atoms with van der Waals surface area (Å²) < 4.78 is 10.9. The molecule has 178 valence electrons. The predicted octanol–water partition coefficient (Wildman–Crippen LogP) is 6.80. The number of nitrogens with one attached hydrogen (secondary N) is 1. The fourth-order valence-corrected chi connectivity index (χ4v) is 8.13. The van der Waals surface area contributed by atoms with Crippen LogP contribution in [0.2, 0.25) is 5.02 Å². The Morgan fingerprint density at radius 3 is 2.24 bits per heavy atom. The van der Waals surface area contributed by atoms with Crippen molar-refractivity contribution >= 4 is 11.6 Å². The lowest BCUT2D eigenvalue weighted by Gasteiger charge is -2.64. The summed E-state index contributed by atoms with van der Waals surface area (Å²) in [5.74, 6) is 3.33. The van der Waals surface area contributed by atoms with Gasteiger partial charge >= 0.3 is 0 Å². The summed E-state index contributed by atoms with van der Waals surface area (Å²) in [6, 6.07) is 16.0. The lowest BCUT2D eigenvalue weighted by atomic mass is 9.41. The van der Waals surface area contributed by atoms with E-state index in [1.165, 1.54) is 49.7 Å². The third-order valence-corrected chi connectivity index (χ3v) is 9.26. The van der Waals surface area contributed by atoms with Gasteiger partial charge < -0.3 is 14.8 Å². The van der Waals surface area contributed by atoms with Crippen molar-refractivity contribution in [2.45, 2.75) is 76.3 Å². The molecule has 6 rings (SSSR count). The Morgan fingerprint density at radius 1 is 0.939 bits per heavy atom. The van der Waals surface area contributed by atoms with Gasteiger partial charge in [0.2, 0.25) is 0 Å². The Hall–Kier alpha value is -1.71. The first kappa shape index (κ1) is 23.1. The van der Waals surface area contributed by atoms with Crippen LogP contribution in [0.15, 0.2) is 42.5 Å². The number of hydrogen-bond donors (Lipinski definition) is 1. The molecule has 0 spiro atoms. The smallest absolute Gasteiger partial charge is 0.160 e. The molecule has 4 atom stereocenters. The van der Waals surface area contributed by atoms with E-state index in [9.17, 15) is 0 Å². The Morgan fingerprint density at radius 2 is 1.61 bits per heavy atom. The van der Waals surface area contributed by atoms with Crippen LogP contribution in [0.25, 0.3) is 0 Å². The Labute approximate surface area is 204 Å². The molecule has 0 saturated heterocycles. The standard InChI is InChI=1S/C29H38ClNO2/c1-19(11-21-5-10-26(32-3)27(13-21)33-4)31-20(2)28-14-22-12-23(15-28)17-29(16-22,18-28)24-6-8-25(30)9-7-24/h5-10,13,19-20,22-23,31H,11-12,14-18H2,1-4H3/t19-,20+,22+,23+,28?,29?/m0/s1. The fraction of sp³-hybridized carbons (Fsp3) is 0.586. The zero-order valence-electron chi connectivity index (χ0n) is 20.5. The summed E-state index contributed by atoms with van der Waals surface area (Å²) in [5, 5.41) is 4.88. The second kappa shape index (κ2) is 8.82. The van der Waals surface area contributed by atoms with E-state index >= 15 is 0 Å². The maximum Gasteiger partial charge on any atom is 0.160 e. The van der Waals surface area contributed by atoms with Crippen LogP contribution in [-0.4, -0.2) is 26.3 Å². The van der Waals surface area contributed by atoms with E-state index in [0.29, 0.717) is 22.9 Å². The summed E-state index contributed by atoms with van der Waals surface area (Å²) in [6.07, 6.45) is 9.22. The molecule has 4 heteroatoms. The monoisotopic (exact) mass is 467 g/mol. The van der Waals surface area contributed by atoms with Gasteiger partial charge in [0.15, 0.2) is 11.5 Å². The first-order valence-corrected chi connectivity index (χ1v) is 13.0. The van der Waals surface area contributed by atoms with Gasteiger partial charge in [-0.2, -0.15) is 0 Å². The van der Waals surface area contributed by atoms with Gasteiger partial charge in [0.1, 0.15) is 0 Å². The normalized spacial score (nSPS) is 31.9. The minimum Gasteiger partial charge on any atom is -0.493 e. The lowest BCUT2D eigenvalue weighted by molar-refractivity contribution is -0.0893.